The lowest BCUT2D eigenvalue weighted by atomic mass is 10.2. The van der Waals surface area contributed by atoms with E-state index in [1.165, 1.54) is 6.21 Å². The van der Waals surface area contributed by atoms with E-state index in [1.807, 2.05) is 30.3 Å². The van der Waals surface area contributed by atoms with Crippen molar-refractivity contribution in [2.45, 2.75) is 6.61 Å². The fourth-order valence-electron chi connectivity index (χ4n) is 2.28. The van der Waals surface area contributed by atoms with E-state index >= 15 is 0 Å². The van der Waals surface area contributed by atoms with Crippen LogP contribution in [0.15, 0.2) is 84.0 Å². The number of hydrogen-bond donors (Lipinski definition) is 1. The molecule has 1 N–H and O–H groups in total. The first-order chi connectivity index (χ1) is 13.7. The van der Waals surface area contributed by atoms with Crippen LogP contribution in [-0.4, -0.2) is 18.7 Å². The summed E-state index contributed by atoms with van der Waals surface area (Å²) in [5, 5.41) is 4.53. The smallest absolute Gasteiger partial charge is 0.277 e. The lowest BCUT2D eigenvalue weighted by Crippen LogP contribution is -2.24. The number of hydrogen-bond acceptors (Lipinski definition) is 4. The molecule has 0 heterocycles. The molecule has 142 valence electrons. The van der Waals surface area contributed by atoms with Crippen molar-refractivity contribution < 1.29 is 14.3 Å². The summed E-state index contributed by atoms with van der Waals surface area (Å²) in [4.78, 5) is 11.8. The summed E-state index contributed by atoms with van der Waals surface area (Å²) in [5.41, 5.74) is 4.34. The van der Waals surface area contributed by atoms with E-state index in [-0.39, 0.29) is 12.5 Å². The van der Waals surface area contributed by atoms with Crippen LogP contribution in [0.2, 0.25) is 5.02 Å². The third kappa shape index (κ3) is 6.45. The van der Waals surface area contributed by atoms with E-state index < -0.39 is 0 Å². The predicted octanol–water partition coefficient (Wildman–Crippen LogP) is 4.45. The number of nitrogens with zero attached hydrogens (tertiary/aromatic N) is 1. The zero-order valence-electron chi connectivity index (χ0n) is 15.0. The fraction of sp³-hybridized carbons (Fsp3) is 0.0909. The molecule has 0 radical (unpaired) electrons. The minimum atomic E-state index is -0.352. The van der Waals surface area contributed by atoms with Crippen molar-refractivity contribution in [1.82, 2.24) is 5.43 Å². The fourth-order valence-corrected chi connectivity index (χ4v) is 2.41. The topological polar surface area (TPSA) is 59.9 Å². The van der Waals surface area contributed by atoms with Gasteiger partial charge in [-0.2, -0.15) is 5.10 Å². The van der Waals surface area contributed by atoms with Gasteiger partial charge in [-0.25, -0.2) is 5.43 Å². The molecule has 0 fully saturated rings. The van der Waals surface area contributed by atoms with Crippen molar-refractivity contribution >= 4 is 23.7 Å². The molecule has 3 rings (SSSR count). The lowest BCUT2D eigenvalue weighted by Gasteiger charge is -2.08. The van der Waals surface area contributed by atoms with Gasteiger partial charge >= 0.3 is 0 Å². The summed E-state index contributed by atoms with van der Waals surface area (Å²) in [6.07, 6.45) is 1.53. The van der Waals surface area contributed by atoms with Crippen LogP contribution in [0.3, 0.4) is 0 Å². The van der Waals surface area contributed by atoms with Gasteiger partial charge in [-0.1, -0.05) is 54.1 Å². The normalized spacial score (nSPS) is 10.6. The van der Waals surface area contributed by atoms with Gasteiger partial charge in [0.2, 0.25) is 0 Å². The van der Waals surface area contributed by atoms with Gasteiger partial charge in [-0.05, 0) is 47.5 Å². The number of benzene rings is 3. The van der Waals surface area contributed by atoms with Crippen LogP contribution in [-0.2, 0) is 11.4 Å². The predicted molar refractivity (Wildman–Crippen MR) is 110 cm³/mol. The van der Waals surface area contributed by atoms with E-state index in [9.17, 15) is 4.79 Å². The summed E-state index contributed by atoms with van der Waals surface area (Å²) in [6.45, 7) is 0.358. The number of carbonyl (C=O) groups excluding carboxylic acids is 1. The molecular formula is C22H19ClN2O3. The Morgan fingerprint density at radius 1 is 0.893 bits per heavy atom. The molecule has 6 heteroatoms. The lowest BCUT2D eigenvalue weighted by molar-refractivity contribution is -0.123. The first-order valence-corrected chi connectivity index (χ1v) is 9.04. The van der Waals surface area contributed by atoms with E-state index in [1.54, 1.807) is 48.5 Å². The summed E-state index contributed by atoms with van der Waals surface area (Å²) in [6, 6.07) is 24.1. The van der Waals surface area contributed by atoms with Gasteiger partial charge in [0.25, 0.3) is 5.91 Å². The molecular weight excluding hydrogens is 376 g/mol. The minimum absolute atomic E-state index is 0.137. The van der Waals surface area contributed by atoms with E-state index in [0.717, 1.165) is 16.9 Å². The zero-order chi connectivity index (χ0) is 19.6. The SMILES string of the molecule is O=C(COc1ccc(OCc2ccccc2)cc1)N/N=C/c1ccc(Cl)cc1. The van der Waals surface area contributed by atoms with Crippen molar-refractivity contribution in [1.29, 1.82) is 0 Å². The summed E-state index contributed by atoms with van der Waals surface area (Å²) in [5.74, 6) is 0.951. The van der Waals surface area contributed by atoms with Crippen molar-refractivity contribution in [3.8, 4) is 11.5 Å². The second-order valence-corrected chi connectivity index (χ2v) is 6.32. The van der Waals surface area contributed by atoms with Crippen LogP contribution in [0.5, 0.6) is 11.5 Å². The van der Waals surface area contributed by atoms with Gasteiger partial charge in [0.1, 0.15) is 18.1 Å². The third-order valence-electron chi connectivity index (χ3n) is 3.71. The Kier molecular flexibility index (Phi) is 7.04. The molecule has 0 aromatic heterocycles. The molecule has 0 aliphatic heterocycles. The van der Waals surface area contributed by atoms with Crippen molar-refractivity contribution in [3.05, 3.63) is 95.0 Å². The van der Waals surface area contributed by atoms with Gasteiger partial charge in [0, 0.05) is 5.02 Å². The molecule has 0 aliphatic carbocycles. The molecule has 0 saturated heterocycles. The number of carbonyl (C=O) groups is 1. The summed E-state index contributed by atoms with van der Waals surface area (Å²) >= 11 is 5.81. The van der Waals surface area contributed by atoms with E-state index in [4.69, 9.17) is 21.1 Å². The number of halogens is 1. The number of hydrazone groups is 1. The molecule has 3 aromatic carbocycles. The van der Waals surface area contributed by atoms with Gasteiger partial charge in [-0.3, -0.25) is 4.79 Å². The van der Waals surface area contributed by atoms with Gasteiger partial charge in [-0.15, -0.1) is 0 Å². The Morgan fingerprint density at radius 3 is 2.21 bits per heavy atom. The molecule has 5 nitrogen and oxygen atoms in total. The van der Waals surface area contributed by atoms with E-state index in [0.29, 0.717) is 17.4 Å². The summed E-state index contributed by atoms with van der Waals surface area (Å²) in [7, 11) is 0. The molecule has 0 bridgehead atoms. The summed E-state index contributed by atoms with van der Waals surface area (Å²) < 4.78 is 11.2. The van der Waals surface area contributed by atoms with Crippen molar-refractivity contribution in [2.24, 2.45) is 5.10 Å². The molecule has 1 amide bonds. The second-order valence-electron chi connectivity index (χ2n) is 5.88. The molecule has 0 aliphatic rings. The zero-order valence-corrected chi connectivity index (χ0v) is 15.8. The molecule has 0 unspecified atom stereocenters. The van der Waals surface area contributed by atoms with Crippen LogP contribution in [0.25, 0.3) is 0 Å². The highest BCUT2D eigenvalue weighted by Gasteiger charge is 2.02. The maximum atomic E-state index is 11.8. The highest BCUT2D eigenvalue weighted by Crippen LogP contribution is 2.18. The van der Waals surface area contributed by atoms with Crippen LogP contribution < -0.4 is 14.9 Å². The number of amides is 1. The van der Waals surface area contributed by atoms with E-state index in [2.05, 4.69) is 10.5 Å². The number of rotatable bonds is 8. The Morgan fingerprint density at radius 2 is 1.54 bits per heavy atom. The Labute approximate surface area is 168 Å². The Hall–Kier alpha value is -3.31. The van der Waals surface area contributed by atoms with Crippen LogP contribution in [0, 0.1) is 0 Å². The van der Waals surface area contributed by atoms with Crippen LogP contribution in [0.4, 0.5) is 0 Å². The average molecular weight is 395 g/mol. The molecule has 0 spiro atoms. The largest absolute Gasteiger partial charge is 0.489 e. The van der Waals surface area contributed by atoms with Gasteiger partial charge in [0.15, 0.2) is 6.61 Å². The minimum Gasteiger partial charge on any atom is -0.489 e. The Balaban J connectivity index is 1.40. The maximum Gasteiger partial charge on any atom is 0.277 e. The first kappa shape index (κ1) is 19.5. The maximum absolute atomic E-state index is 11.8. The van der Waals surface area contributed by atoms with Gasteiger partial charge in [0.05, 0.1) is 6.21 Å². The first-order valence-electron chi connectivity index (χ1n) is 8.66. The Bertz CT molecular complexity index is 911. The molecule has 3 aromatic rings. The number of nitrogens with one attached hydrogen (secondary N) is 1. The second kappa shape index (κ2) is 10.1. The monoisotopic (exact) mass is 394 g/mol. The third-order valence-corrected chi connectivity index (χ3v) is 3.97. The van der Waals surface area contributed by atoms with Crippen molar-refractivity contribution in [3.63, 3.8) is 0 Å². The highest BCUT2D eigenvalue weighted by atomic mass is 35.5. The quantitative estimate of drug-likeness (QED) is 0.453. The molecule has 28 heavy (non-hydrogen) atoms. The average Bonchev–Trinajstić information content (AvgIpc) is 2.74. The van der Waals surface area contributed by atoms with Gasteiger partial charge < -0.3 is 9.47 Å². The van der Waals surface area contributed by atoms with Crippen molar-refractivity contribution in [2.75, 3.05) is 6.61 Å². The number of ether oxygens (including phenoxy) is 2. The standard InChI is InChI=1S/C22H19ClN2O3/c23-19-8-6-17(7-9-19)14-24-25-22(26)16-28-21-12-10-20(11-13-21)27-15-18-4-2-1-3-5-18/h1-14H,15-16H2,(H,25,26)/b24-14+. The highest BCUT2D eigenvalue weighted by molar-refractivity contribution is 6.30. The van der Waals surface area contributed by atoms with Crippen LogP contribution >= 0.6 is 11.6 Å². The molecule has 0 atom stereocenters. The van der Waals surface area contributed by atoms with Crippen LogP contribution in [0.1, 0.15) is 11.1 Å². The molecule has 0 saturated carbocycles.